The summed E-state index contributed by atoms with van der Waals surface area (Å²) in [7, 11) is 0. The van der Waals surface area contributed by atoms with Gasteiger partial charge in [0, 0.05) is 108 Å². The molecule has 10 aromatic rings. The van der Waals surface area contributed by atoms with E-state index in [9.17, 15) is 49.0 Å². The average molecular weight is 1760 g/mol. The minimum Gasteiger partial charge on any atom is -0.360 e. The molecule has 644 valence electrons. The van der Waals surface area contributed by atoms with Gasteiger partial charge in [0.15, 0.2) is 11.6 Å². The van der Waals surface area contributed by atoms with E-state index in [-0.39, 0.29) is 54.5 Å². The Bertz CT molecular complexity index is 5520. The van der Waals surface area contributed by atoms with E-state index in [4.69, 9.17) is 55.9 Å². The van der Waals surface area contributed by atoms with Crippen LogP contribution in [0.4, 0.5) is 30.6 Å². The van der Waals surface area contributed by atoms with Crippen LogP contribution in [0, 0.1) is 62.9 Å². The molecule has 4 aliphatic rings. The van der Waals surface area contributed by atoms with Crippen LogP contribution in [0.25, 0.3) is 33.4 Å². The third-order valence-corrected chi connectivity index (χ3v) is 25.6. The number of benzene rings is 10. The number of piperidine rings is 3. The zero-order valence-electron chi connectivity index (χ0n) is 70.9. The van der Waals surface area contributed by atoms with Gasteiger partial charge in [0.25, 0.3) is 0 Å². The average Bonchev–Trinajstić information content (AvgIpc) is 0.783. The van der Waals surface area contributed by atoms with Gasteiger partial charge >= 0.3 is 6.03 Å². The summed E-state index contributed by atoms with van der Waals surface area (Å²) in [6, 6.07) is 80.5. The van der Waals surface area contributed by atoms with Crippen LogP contribution in [-0.4, -0.2) is 122 Å². The van der Waals surface area contributed by atoms with Crippen molar-refractivity contribution in [3.05, 3.63) is 301 Å². The molecular formula is C102H103Cl4F2N11O6. The van der Waals surface area contributed by atoms with Gasteiger partial charge < -0.3 is 45.0 Å². The van der Waals surface area contributed by atoms with Crippen LogP contribution in [0.3, 0.4) is 0 Å². The Labute approximate surface area is 752 Å². The van der Waals surface area contributed by atoms with Crippen LogP contribution < -0.4 is 16.0 Å². The molecule has 0 spiro atoms. The summed E-state index contributed by atoms with van der Waals surface area (Å²) in [6.45, 7) is 15.2. The summed E-state index contributed by atoms with van der Waals surface area (Å²) in [5.41, 5.74) is 11.4. The second-order valence-electron chi connectivity index (χ2n) is 33.0. The standard InChI is InChI=1S/C39H36Cl2N4O2.C32H34F2N4O2.C31H33Cl2N3O2/c40-33-22-34(41)24-35(23-33)44-37(46)26-47-39(32-11-9-29(10-12-32)30-6-4-5-28(21-30)25-42)17-19-45(20-18-39)36-13-15-38(27-43,16-14-36)31-7-2-1-3-8-31;1-3-37(4-2)31(40)38-18-16-32(17-19-38,15-14-30(39)36-27-12-13-28(33)29(34)21-27)26-10-8-24(9-11-26)25-7-5-6-23(20-25)22-35;1-22(2)10-13-36-14-11-31(12-15-36,38-21-30(37)35-29-18-27(32)17-28(33)19-29)26-8-6-24(7-9-26)25-5-3-4-23(16-25)20-34/h1-12,21-24,36H,13-20,26H2,(H,44,46);5-13,20-21H,3-4,14-19H2,1-2H3,(H,36,39);3-9,16-19,22H,10-15,21H2,1-2H3,(H,35,37). The molecule has 17 nitrogen and oxygen atoms in total. The van der Waals surface area contributed by atoms with Gasteiger partial charge in [-0.1, -0.05) is 200 Å². The van der Waals surface area contributed by atoms with E-state index in [0.717, 1.165) is 158 Å². The summed E-state index contributed by atoms with van der Waals surface area (Å²) in [5, 5.41) is 48.2. The van der Waals surface area contributed by atoms with Gasteiger partial charge in [0.2, 0.25) is 17.7 Å². The predicted octanol–water partition coefficient (Wildman–Crippen LogP) is 23.1. The van der Waals surface area contributed by atoms with Crippen molar-refractivity contribution in [2.45, 2.75) is 139 Å². The summed E-state index contributed by atoms with van der Waals surface area (Å²) in [4.78, 5) is 60.5. The lowest BCUT2D eigenvalue weighted by Gasteiger charge is -2.47. The smallest absolute Gasteiger partial charge is 0.319 e. The summed E-state index contributed by atoms with van der Waals surface area (Å²) in [5.74, 6) is -2.14. The first-order valence-electron chi connectivity index (χ1n) is 42.7. The van der Waals surface area contributed by atoms with Crippen LogP contribution in [0.1, 0.15) is 150 Å². The van der Waals surface area contributed by atoms with Crippen molar-refractivity contribution >= 4 is 87.2 Å². The number of likely N-dealkylation sites (tertiary alicyclic amines) is 3. The van der Waals surface area contributed by atoms with Gasteiger partial charge in [-0.25, -0.2) is 13.6 Å². The summed E-state index contributed by atoms with van der Waals surface area (Å²) < 4.78 is 40.0. The molecule has 0 bridgehead atoms. The molecule has 10 aromatic carbocycles. The summed E-state index contributed by atoms with van der Waals surface area (Å²) >= 11 is 24.4. The molecule has 23 heteroatoms. The van der Waals surface area contributed by atoms with E-state index in [0.29, 0.717) is 106 Å². The maximum absolute atomic E-state index is 13.6. The first-order valence-corrected chi connectivity index (χ1v) is 44.2. The van der Waals surface area contributed by atoms with Gasteiger partial charge in [0.05, 0.1) is 57.6 Å². The zero-order valence-corrected chi connectivity index (χ0v) is 73.9. The van der Waals surface area contributed by atoms with Crippen molar-refractivity contribution in [2.75, 3.05) is 88.1 Å². The van der Waals surface area contributed by atoms with E-state index in [1.165, 1.54) is 6.07 Å². The molecule has 0 radical (unpaired) electrons. The number of nitrogens with zero attached hydrogens (tertiary/aromatic N) is 8. The molecule has 125 heavy (non-hydrogen) atoms. The fourth-order valence-electron chi connectivity index (χ4n) is 17.5. The number of halogens is 6. The Kier molecular flexibility index (Phi) is 32.4. The predicted molar refractivity (Wildman–Crippen MR) is 492 cm³/mol. The molecule has 3 N–H and O–H groups in total. The number of amides is 5. The van der Waals surface area contributed by atoms with Crippen molar-refractivity contribution in [3.8, 4) is 57.7 Å². The van der Waals surface area contributed by atoms with E-state index >= 15 is 0 Å². The van der Waals surface area contributed by atoms with Crippen molar-refractivity contribution in [1.82, 2.24) is 19.6 Å². The number of carbonyl (C=O) groups is 4. The maximum Gasteiger partial charge on any atom is 0.319 e. The van der Waals surface area contributed by atoms with Gasteiger partial charge in [-0.2, -0.15) is 21.0 Å². The number of nitrogens with one attached hydrogen (secondary N) is 3. The van der Waals surface area contributed by atoms with Crippen LogP contribution in [0.15, 0.2) is 231 Å². The number of nitriles is 4. The number of ether oxygens (including phenoxy) is 2. The zero-order chi connectivity index (χ0) is 88.7. The highest BCUT2D eigenvalue weighted by Gasteiger charge is 2.45. The molecule has 14 rings (SSSR count). The van der Waals surface area contributed by atoms with E-state index in [1.54, 1.807) is 54.6 Å². The minimum absolute atomic E-state index is 0.0300. The molecule has 3 saturated heterocycles. The van der Waals surface area contributed by atoms with Gasteiger partial charge in [0.1, 0.15) is 13.2 Å². The van der Waals surface area contributed by atoms with Gasteiger partial charge in [-0.15, -0.1) is 0 Å². The van der Waals surface area contributed by atoms with Crippen LogP contribution in [-0.2, 0) is 45.9 Å². The lowest BCUT2D eigenvalue weighted by Crippen LogP contribution is -2.50. The Hall–Kier alpha value is -11.3. The number of hydrogen-bond acceptors (Lipinski definition) is 12. The number of hydrogen-bond donors (Lipinski definition) is 3. The number of urea groups is 1. The molecule has 1 aliphatic carbocycles. The fourth-order valence-corrected chi connectivity index (χ4v) is 18.6. The fraction of sp³-hybridized carbons (Fsp3) is 0.333. The topological polar surface area (TPSA) is 231 Å². The molecule has 4 fully saturated rings. The largest absolute Gasteiger partial charge is 0.360 e. The molecule has 5 amide bonds. The third kappa shape index (κ3) is 24.4. The lowest BCUT2D eigenvalue weighted by atomic mass is 9.68. The van der Waals surface area contributed by atoms with Crippen molar-refractivity contribution in [2.24, 2.45) is 5.92 Å². The molecule has 0 unspecified atom stereocenters. The van der Waals surface area contributed by atoms with Gasteiger partial charge in [-0.05, 0) is 249 Å². The van der Waals surface area contributed by atoms with Crippen LogP contribution in [0.2, 0.25) is 20.1 Å². The van der Waals surface area contributed by atoms with Crippen LogP contribution in [0.5, 0.6) is 0 Å². The van der Waals surface area contributed by atoms with E-state index in [1.807, 2.05) is 109 Å². The summed E-state index contributed by atoms with van der Waals surface area (Å²) in [6.07, 6.45) is 9.96. The number of anilines is 3. The SMILES string of the molecule is CC(C)CCN1CCC(OCC(=O)Nc2cc(Cl)cc(Cl)c2)(c2ccc(-c3cccc(C#N)c3)cc2)CC1.CCN(CC)C(=O)N1CCC(CCC(=O)Nc2ccc(F)c(F)c2)(c2ccc(-c3cccc(C#N)c3)cc2)CC1.N#Cc1cccc(-c2ccc(C3(OCC(=O)Nc4cc(Cl)cc(Cl)c4)CCN(C4CCC(C#N)(c5ccccc5)CC4)CC3)cc2)c1. The number of carbonyl (C=O) groups excluding carboxylic acids is 4. The third-order valence-electron chi connectivity index (χ3n) is 24.8. The first kappa shape index (κ1) is 92.9. The Morgan fingerprint density at radius 2 is 0.888 bits per heavy atom. The monoisotopic (exact) mass is 1760 g/mol. The Balaban J connectivity index is 0.000000172. The van der Waals surface area contributed by atoms with Gasteiger partial charge in [-0.3, -0.25) is 14.4 Å². The highest BCUT2D eigenvalue weighted by atomic mass is 35.5. The molecule has 1 saturated carbocycles. The molecule has 3 heterocycles. The van der Waals surface area contributed by atoms with Crippen LogP contribution >= 0.6 is 46.4 Å². The Morgan fingerprint density at radius 1 is 0.456 bits per heavy atom. The second-order valence-corrected chi connectivity index (χ2v) is 34.8. The minimum atomic E-state index is -1.01. The quantitative estimate of drug-likeness (QED) is 0.0485. The van der Waals surface area contributed by atoms with Crippen molar-refractivity contribution < 1.29 is 37.4 Å². The molecule has 0 atom stereocenters. The first-order chi connectivity index (χ1) is 60.3. The van der Waals surface area contributed by atoms with E-state index < -0.39 is 28.3 Å². The molecular weight excluding hydrogens is 1660 g/mol. The molecule has 3 aliphatic heterocycles. The maximum atomic E-state index is 13.6. The Morgan fingerprint density at radius 3 is 1.30 bits per heavy atom. The number of rotatable bonds is 25. The van der Waals surface area contributed by atoms with Crippen molar-refractivity contribution in [3.63, 3.8) is 0 Å². The highest BCUT2D eigenvalue weighted by Crippen LogP contribution is 2.46. The van der Waals surface area contributed by atoms with E-state index in [2.05, 4.69) is 137 Å². The lowest BCUT2D eigenvalue weighted by molar-refractivity contribution is -0.136. The van der Waals surface area contributed by atoms with Crippen molar-refractivity contribution in [1.29, 1.82) is 21.0 Å². The highest BCUT2D eigenvalue weighted by molar-refractivity contribution is 6.35. The molecule has 0 aromatic heterocycles. The normalized spacial score (nSPS) is 17.1. The second kappa shape index (κ2) is 43.5.